The molecule has 12 unspecified atom stereocenters. The number of amides is 1. The summed E-state index contributed by atoms with van der Waals surface area (Å²) in [4.78, 5) is 13.4. The van der Waals surface area contributed by atoms with E-state index in [-0.39, 0.29) is 12.5 Å². The molecule has 14 nitrogen and oxygen atoms in total. The Morgan fingerprint density at radius 3 is 0.977 bits per heavy atom. The Kier molecular flexibility index (Phi) is 55.5. The van der Waals surface area contributed by atoms with Crippen molar-refractivity contribution >= 4 is 5.91 Å². The number of ether oxygens (including phenoxy) is 4. The third-order valence-corrected chi connectivity index (χ3v) is 19.1. The van der Waals surface area contributed by atoms with Crippen LogP contribution in [0, 0.1) is 0 Å². The number of nitrogens with one attached hydrogen (secondary N) is 1. The summed E-state index contributed by atoms with van der Waals surface area (Å²) in [5.74, 6) is -0.196. The topological polar surface area (TPSA) is 228 Å². The maximum atomic E-state index is 13.4. The normalized spacial score (nSPS) is 23.1. The number of carbonyl (C=O) groups excluding carboxylic acids is 1. The summed E-state index contributed by atoms with van der Waals surface area (Å²) in [7, 11) is 0. The second-order valence-electron chi connectivity index (χ2n) is 27.1. The first kappa shape index (κ1) is 82.1. The third-order valence-electron chi connectivity index (χ3n) is 19.1. The fourth-order valence-corrected chi connectivity index (χ4v) is 13.1. The van der Waals surface area contributed by atoms with E-state index in [4.69, 9.17) is 18.9 Å². The first-order chi connectivity index (χ1) is 42.6. The van der Waals surface area contributed by atoms with Crippen molar-refractivity contribution in [2.75, 3.05) is 19.8 Å². The minimum absolute atomic E-state index is 0.196. The van der Waals surface area contributed by atoms with Crippen molar-refractivity contribution in [2.45, 2.75) is 441 Å². The molecule has 0 aliphatic carbocycles. The van der Waals surface area contributed by atoms with E-state index >= 15 is 0 Å². The predicted octanol–water partition coefficient (Wildman–Crippen LogP) is 16.0. The van der Waals surface area contributed by atoms with Gasteiger partial charge in [0.1, 0.15) is 48.8 Å². The maximum absolute atomic E-state index is 13.4. The molecule has 87 heavy (non-hydrogen) atoms. The molecule has 0 aromatic heterocycles. The number of hydrogen-bond donors (Lipinski definition) is 9. The van der Waals surface area contributed by atoms with E-state index in [1.807, 2.05) is 0 Å². The molecular weight excluding hydrogens is 1100 g/mol. The molecule has 0 saturated carbocycles. The minimum atomic E-state index is -1.78. The third kappa shape index (κ3) is 42.8. The molecule has 0 spiro atoms. The monoisotopic (exact) mass is 1240 g/mol. The van der Waals surface area contributed by atoms with Crippen LogP contribution >= 0.6 is 0 Å². The van der Waals surface area contributed by atoms with Crippen molar-refractivity contribution in [1.82, 2.24) is 5.32 Å². The highest BCUT2D eigenvalue weighted by molar-refractivity contribution is 5.76. The van der Waals surface area contributed by atoms with Crippen LogP contribution in [0.3, 0.4) is 0 Å². The van der Waals surface area contributed by atoms with Crippen molar-refractivity contribution < 1.29 is 64.6 Å². The smallest absolute Gasteiger partial charge is 0.220 e. The second-order valence-corrected chi connectivity index (χ2v) is 27.1. The zero-order chi connectivity index (χ0) is 63.1. The van der Waals surface area contributed by atoms with Gasteiger partial charge in [0.25, 0.3) is 0 Å². The van der Waals surface area contributed by atoms with E-state index < -0.39 is 86.8 Å². The van der Waals surface area contributed by atoms with E-state index in [0.717, 1.165) is 51.4 Å². The van der Waals surface area contributed by atoms with E-state index in [2.05, 4.69) is 19.2 Å². The Morgan fingerprint density at radius 2 is 0.655 bits per heavy atom. The molecular formula is C73H143NO13. The molecule has 14 heteroatoms. The lowest BCUT2D eigenvalue weighted by Gasteiger charge is -2.46. The predicted molar refractivity (Wildman–Crippen MR) is 356 cm³/mol. The van der Waals surface area contributed by atoms with Gasteiger partial charge in [-0.2, -0.15) is 0 Å². The van der Waals surface area contributed by atoms with Gasteiger partial charge in [0.15, 0.2) is 12.6 Å². The van der Waals surface area contributed by atoms with Crippen LogP contribution in [0.1, 0.15) is 367 Å². The van der Waals surface area contributed by atoms with E-state index in [1.165, 1.54) is 289 Å². The van der Waals surface area contributed by atoms with Gasteiger partial charge in [-0.15, -0.1) is 0 Å². The van der Waals surface area contributed by atoms with Gasteiger partial charge in [0.2, 0.25) is 5.91 Å². The van der Waals surface area contributed by atoms with Crippen LogP contribution in [0.4, 0.5) is 0 Å². The number of hydrogen-bond acceptors (Lipinski definition) is 13. The largest absolute Gasteiger partial charge is 0.394 e. The SMILES string of the molecule is CCCCCCCCCCCCCCCCCCCCCCCCCCCCCCCC(=O)NC(COC1OC(CO)C(OC2OC(CO)C(O)C(O)C2O)C(O)C1O)C(O)CCCCCCCCCCCCCCCCCCCCCCCCCC. The Labute approximate surface area is 534 Å². The minimum Gasteiger partial charge on any atom is -0.394 e. The van der Waals surface area contributed by atoms with Crippen LogP contribution in [0.5, 0.6) is 0 Å². The molecule has 2 aliphatic rings. The molecule has 0 bridgehead atoms. The van der Waals surface area contributed by atoms with Crippen LogP contribution in [0.15, 0.2) is 0 Å². The molecule has 2 aliphatic heterocycles. The van der Waals surface area contributed by atoms with Crippen molar-refractivity contribution in [1.29, 1.82) is 0 Å². The van der Waals surface area contributed by atoms with Crippen molar-refractivity contribution in [3.8, 4) is 0 Å². The number of carbonyl (C=O) groups is 1. The molecule has 9 N–H and O–H groups in total. The fourth-order valence-electron chi connectivity index (χ4n) is 13.1. The van der Waals surface area contributed by atoms with Crippen molar-refractivity contribution in [2.24, 2.45) is 0 Å². The molecule has 0 aromatic rings. The molecule has 2 saturated heterocycles. The van der Waals surface area contributed by atoms with E-state index in [1.54, 1.807) is 0 Å². The Bertz CT molecular complexity index is 1460. The first-order valence-corrected chi connectivity index (χ1v) is 37.8. The fraction of sp³-hybridized carbons (Fsp3) is 0.986. The summed E-state index contributed by atoms with van der Waals surface area (Å²) in [5, 5.41) is 87.7. The van der Waals surface area contributed by atoms with Gasteiger partial charge < -0.3 is 65.1 Å². The van der Waals surface area contributed by atoms with Gasteiger partial charge in [-0.3, -0.25) is 4.79 Å². The van der Waals surface area contributed by atoms with Gasteiger partial charge >= 0.3 is 0 Å². The lowest BCUT2D eigenvalue weighted by atomic mass is 9.97. The maximum Gasteiger partial charge on any atom is 0.220 e. The van der Waals surface area contributed by atoms with E-state index in [0.29, 0.717) is 12.8 Å². The summed E-state index contributed by atoms with van der Waals surface area (Å²) >= 11 is 0. The summed E-state index contributed by atoms with van der Waals surface area (Å²) in [6.07, 6.45) is 54.2. The number of aliphatic hydroxyl groups is 8. The lowest BCUT2D eigenvalue weighted by molar-refractivity contribution is -0.359. The molecule has 2 rings (SSSR count). The van der Waals surface area contributed by atoms with Crippen molar-refractivity contribution in [3.63, 3.8) is 0 Å². The molecule has 12 atom stereocenters. The Morgan fingerprint density at radius 1 is 0.368 bits per heavy atom. The lowest BCUT2D eigenvalue weighted by Crippen LogP contribution is -2.65. The van der Waals surface area contributed by atoms with Crippen LogP contribution in [-0.4, -0.2) is 140 Å². The summed E-state index contributed by atoms with van der Waals surface area (Å²) < 4.78 is 23.0. The van der Waals surface area contributed by atoms with Crippen LogP contribution < -0.4 is 5.32 Å². The van der Waals surface area contributed by atoms with Crippen LogP contribution in [0.25, 0.3) is 0 Å². The highest BCUT2D eigenvalue weighted by atomic mass is 16.7. The second kappa shape index (κ2) is 58.8. The van der Waals surface area contributed by atoms with Gasteiger partial charge in [0, 0.05) is 6.42 Å². The summed E-state index contributed by atoms with van der Waals surface area (Å²) in [5.41, 5.74) is 0. The standard InChI is InChI=1S/C73H143NO13/c1-3-5-7-9-11-13-15-17-19-21-23-25-27-29-30-31-32-33-35-37-39-41-43-45-47-49-51-53-55-57-65(78)74-61(60-84-72-70(83)68(81)71(64(59-76)86-72)87-73-69(82)67(80)66(79)63(58-75)85-73)62(77)56-54-52-50-48-46-44-42-40-38-36-34-28-26-24-22-20-18-16-14-12-10-8-6-4-2/h61-64,66-73,75-77,79-83H,3-60H2,1-2H3,(H,74,78). The summed E-state index contributed by atoms with van der Waals surface area (Å²) in [6.45, 7) is 2.94. The van der Waals surface area contributed by atoms with Gasteiger partial charge in [-0.25, -0.2) is 0 Å². The van der Waals surface area contributed by atoms with Crippen LogP contribution in [-0.2, 0) is 23.7 Å². The molecule has 0 aromatic carbocycles. The highest BCUT2D eigenvalue weighted by Crippen LogP contribution is 2.30. The van der Waals surface area contributed by atoms with Crippen molar-refractivity contribution in [3.05, 3.63) is 0 Å². The zero-order valence-corrected chi connectivity index (χ0v) is 56.6. The molecule has 0 radical (unpaired) electrons. The van der Waals surface area contributed by atoms with Gasteiger partial charge in [-0.05, 0) is 12.8 Å². The highest BCUT2D eigenvalue weighted by Gasteiger charge is 2.51. The summed E-state index contributed by atoms with van der Waals surface area (Å²) in [6, 6.07) is -0.825. The Hall–Kier alpha value is -1.01. The molecule has 518 valence electrons. The van der Waals surface area contributed by atoms with Gasteiger partial charge in [0.05, 0.1) is 32.0 Å². The molecule has 2 fully saturated rings. The van der Waals surface area contributed by atoms with E-state index in [9.17, 15) is 45.6 Å². The van der Waals surface area contributed by atoms with Crippen LogP contribution in [0.2, 0.25) is 0 Å². The number of rotatable bonds is 64. The quantitative estimate of drug-likeness (QED) is 0.0259. The first-order valence-electron chi connectivity index (χ1n) is 37.8. The number of aliphatic hydroxyl groups excluding tert-OH is 8. The average Bonchev–Trinajstić information content (AvgIpc) is 1.55. The average molecular weight is 1240 g/mol. The Balaban J connectivity index is 1.63. The molecule has 2 heterocycles. The van der Waals surface area contributed by atoms with Gasteiger partial charge in [-0.1, -0.05) is 348 Å². The molecule has 1 amide bonds. The number of unbranched alkanes of at least 4 members (excludes halogenated alkanes) is 51. The zero-order valence-electron chi connectivity index (χ0n) is 56.6.